The van der Waals surface area contributed by atoms with Crippen molar-refractivity contribution in [1.82, 2.24) is 0 Å². The van der Waals surface area contributed by atoms with E-state index in [0.717, 1.165) is 0 Å². The molecule has 0 unspecified atom stereocenters. The van der Waals surface area contributed by atoms with E-state index in [1.54, 1.807) is 6.92 Å². The monoisotopic (exact) mass is 326 g/mol. The standard InChI is InChI=1S/C14H16F2N4O3/c1-7-3-4-9-10(18-12(19-22-2)14(9,15)16)11(7)20-6-8(5-17)23-13(20)21/h3-4,8H,5-6,17H2,1-2H3,(H,18,19)/t8-/m1/s1. The van der Waals surface area contributed by atoms with Crippen LogP contribution in [0, 0.1) is 6.92 Å². The second-order valence-electron chi connectivity index (χ2n) is 5.33. The van der Waals surface area contributed by atoms with Gasteiger partial charge in [0.2, 0.25) is 5.84 Å². The minimum atomic E-state index is -3.33. The molecule has 1 aromatic carbocycles. The van der Waals surface area contributed by atoms with Gasteiger partial charge in [-0.2, -0.15) is 8.78 Å². The number of rotatable bonds is 3. The van der Waals surface area contributed by atoms with Gasteiger partial charge in [-0.25, -0.2) is 4.79 Å². The molecule has 2 heterocycles. The summed E-state index contributed by atoms with van der Waals surface area (Å²) in [5.74, 6) is -3.95. The number of alkyl halides is 2. The molecule has 0 spiro atoms. The topological polar surface area (TPSA) is 89.2 Å². The first-order valence-corrected chi connectivity index (χ1v) is 6.99. The Labute approximate surface area is 131 Å². The Hall–Kier alpha value is -2.42. The van der Waals surface area contributed by atoms with E-state index in [9.17, 15) is 13.6 Å². The summed E-state index contributed by atoms with van der Waals surface area (Å²) < 4.78 is 33.9. The van der Waals surface area contributed by atoms with Crippen molar-refractivity contribution < 1.29 is 23.1 Å². The molecular formula is C14H16F2N4O3. The Bertz CT molecular complexity index is 693. The highest BCUT2D eigenvalue weighted by Gasteiger charge is 2.49. The first-order chi connectivity index (χ1) is 10.9. The molecule has 7 nitrogen and oxygen atoms in total. The number of amides is 1. The van der Waals surface area contributed by atoms with Gasteiger partial charge >= 0.3 is 12.0 Å². The molecule has 1 amide bonds. The average molecular weight is 326 g/mol. The van der Waals surface area contributed by atoms with Gasteiger partial charge in [-0.15, -0.1) is 0 Å². The van der Waals surface area contributed by atoms with E-state index in [0.29, 0.717) is 11.3 Å². The number of amidine groups is 1. The number of ether oxygens (including phenoxy) is 1. The SMILES string of the molecule is CON=C1Nc2c(ccc(C)c2N2C[C@@H](CN)OC2=O)C1(F)F. The van der Waals surface area contributed by atoms with E-state index in [1.807, 2.05) is 0 Å². The van der Waals surface area contributed by atoms with Gasteiger partial charge in [0.15, 0.2) is 0 Å². The van der Waals surface area contributed by atoms with Crippen LogP contribution < -0.4 is 16.0 Å². The Morgan fingerprint density at radius 1 is 1.57 bits per heavy atom. The molecule has 0 aliphatic carbocycles. The molecule has 1 fully saturated rings. The summed E-state index contributed by atoms with van der Waals surface area (Å²) in [6.45, 7) is 2.09. The predicted molar refractivity (Wildman–Crippen MR) is 79.8 cm³/mol. The minimum Gasteiger partial charge on any atom is -0.443 e. The second kappa shape index (κ2) is 5.34. The van der Waals surface area contributed by atoms with Gasteiger partial charge in [0.25, 0.3) is 0 Å². The van der Waals surface area contributed by atoms with Crippen LogP contribution in [0.3, 0.4) is 0 Å². The largest absolute Gasteiger partial charge is 0.443 e. The van der Waals surface area contributed by atoms with Gasteiger partial charge in [-0.05, 0) is 12.5 Å². The van der Waals surface area contributed by atoms with Gasteiger partial charge in [-0.3, -0.25) is 4.90 Å². The van der Waals surface area contributed by atoms with E-state index in [2.05, 4.69) is 15.3 Å². The highest BCUT2D eigenvalue weighted by molar-refractivity contribution is 6.12. The molecule has 1 saturated heterocycles. The molecule has 0 radical (unpaired) electrons. The number of carbonyl (C=O) groups is 1. The molecule has 2 aliphatic heterocycles. The van der Waals surface area contributed by atoms with Crippen LogP contribution in [-0.4, -0.2) is 38.2 Å². The number of nitrogens with one attached hydrogen (secondary N) is 1. The van der Waals surface area contributed by atoms with Crippen LogP contribution in [0.25, 0.3) is 0 Å². The molecule has 1 aromatic rings. The number of nitrogens with zero attached hydrogens (tertiary/aromatic N) is 2. The zero-order chi connectivity index (χ0) is 16.8. The van der Waals surface area contributed by atoms with Gasteiger partial charge in [0.05, 0.1) is 23.5 Å². The summed E-state index contributed by atoms with van der Waals surface area (Å²) in [6.07, 6.45) is -1.08. The van der Waals surface area contributed by atoms with Crippen LogP contribution in [-0.2, 0) is 15.5 Å². The van der Waals surface area contributed by atoms with E-state index in [-0.39, 0.29) is 24.3 Å². The van der Waals surface area contributed by atoms with Crippen molar-refractivity contribution in [2.24, 2.45) is 10.9 Å². The van der Waals surface area contributed by atoms with Crippen molar-refractivity contribution in [3.8, 4) is 0 Å². The summed E-state index contributed by atoms with van der Waals surface area (Å²) in [5, 5.41) is 5.90. The zero-order valence-corrected chi connectivity index (χ0v) is 12.6. The summed E-state index contributed by atoms with van der Waals surface area (Å²) >= 11 is 0. The third kappa shape index (κ3) is 2.27. The molecule has 23 heavy (non-hydrogen) atoms. The lowest BCUT2D eigenvalue weighted by molar-refractivity contribution is 0.0737. The lowest BCUT2D eigenvalue weighted by Gasteiger charge is -2.19. The predicted octanol–water partition coefficient (Wildman–Crippen LogP) is 1.76. The molecular weight excluding hydrogens is 310 g/mol. The first-order valence-electron chi connectivity index (χ1n) is 6.99. The maximum absolute atomic E-state index is 14.4. The fraction of sp³-hybridized carbons (Fsp3) is 0.429. The van der Waals surface area contributed by atoms with Crippen molar-refractivity contribution in [3.05, 3.63) is 23.3 Å². The van der Waals surface area contributed by atoms with E-state index < -0.39 is 24.0 Å². The third-order valence-electron chi connectivity index (χ3n) is 3.85. The fourth-order valence-electron chi connectivity index (χ4n) is 2.75. The van der Waals surface area contributed by atoms with Gasteiger partial charge < -0.3 is 20.6 Å². The summed E-state index contributed by atoms with van der Waals surface area (Å²) in [6, 6.07) is 2.84. The Balaban J connectivity index is 2.10. The number of carbonyl (C=O) groups excluding carboxylic acids is 1. The Kier molecular flexibility index (Phi) is 3.59. The number of aryl methyl sites for hydroxylation is 1. The number of hydrogen-bond donors (Lipinski definition) is 2. The van der Waals surface area contributed by atoms with Gasteiger partial charge in [0.1, 0.15) is 13.2 Å². The van der Waals surface area contributed by atoms with Crippen molar-refractivity contribution in [3.63, 3.8) is 0 Å². The third-order valence-corrected chi connectivity index (χ3v) is 3.85. The van der Waals surface area contributed by atoms with Gasteiger partial charge in [0, 0.05) is 6.54 Å². The number of nitrogens with two attached hydrogens (primary N) is 1. The Morgan fingerprint density at radius 2 is 2.30 bits per heavy atom. The molecule has 9 heteroatoms. The van der Waals surface area contributed by atoms with Crippen molar-refractivity contribution in [1.29, 1.82) is 0 Å². The summed E-state index contributed by atoms with van der Waals surface area (Å²) in [4.78, 5) is 17.8. The van der Waals surface area contributed by atoms with E-state index >= 15 is 0 Å². The number of oxime groups is 1. The zero-order valence-electron chi connectivity index (χ0n) is 12.6. The molecule has 0 saturated carbocycles. The molecule has 124 valence electrons. The maximum atomic E-state index is 14.4. The van der Waals surface area contributed by atoms with Crippen LogP contribution in [0.1, 0.15) is 11.1 Å². The minimum absolute atomic E-state index is 0.125. The van der Waals surface area contributed by atoms with Crippen molar-refractivity contribution in [2.75, 3.05) is 30.4 Å². The van der Waals surface area contributed by atoms with Gasteiger partial charge in [-0.1, -0.05) is 17.3 Å². The summed E-state index contributed by atoms with van der Waals surface area (Å²) in [5.41, 5.74) is 6.37. The van der Waals surface area contributed by atoms with E-state index in [4.69, 9.17) is 10.5 Å². The summed E-state index contributed by atoms with van der Waals surface area (Å²) in [7, 11) is 1.18. The highest BCUT2D eigenvalue weighted by Crippen LogP contribution is 2.47. The molecule has 2 aliphatic rings. The van der Waals surface area contributed by atoms with E-state index in [1.165, 1.54) is 24.1 Å². The smallest absolute Gasteiger partial charge is 0.414 e. The maximum Gasteiger partial charge on any atom is 0.414 e. The fourth-order valence-corrected chi connectivity index (χ4v) is 2.75. The number of cyclic esters (lactones) is 1. The van der Waals surface area contributed by atoms with Crippen LogP contribution in [0.4, 0.5) is 25.0 Å². The second-order valence-corrected chi connectivity index (χ2v) is 5.33. The highest BCUT2D eigenvalue weighted by atomic mass is 19.3. The van der Waals surface area contributed by atoms with Crippen LogP contribution >= 0.6 is 0 Å². The molecule has 1 atom stereocenters. The number of halogens is 2. The Morgan fingerprint density at radius 3 is 2.91 bits per heavy atom. The van der Waals surface area contributed by atoms with Crippen molar-refractivity contribution in [2.45, 2.75) is 19.0 Å². The number of benzene rings is 1. The lowest BCUT2D eigenvalue weighted by atomic mass is 10.0. The number of hydrogen-bond acceptors (Lipinski definition) is 5. The number of fused-ring (bicyclic) bond motifs is 1. The lowest BCUT2D eigenvalue weighted by Crippen LogP contribution is -2.28. The molecule has 0 aromatic heterocycles. The average Bonchev–Trinajstić information content (AvgIpc) is 2.98. The van der Waals surface area contributed by atoms with Crippen LogP contribution in [0.5, 0.6) is 0 Å². The molecule has 3 rings (SSSR count). The molecule has 3 N–H and O–H groups in total. The normalized spacial score (nSPS) is 23.7. The van der Waals surface area contributed by atoms with Crippen molar-refractivity contribution >= 4 is 23.3 Å². The van der Waals surface area contributed by atoms with Crippen LogP contribution in [0.2, 0.25) is 0 Å². The number of anilines is 2. The van der Waals surface area contributed by atoms with Crippen LogP contribution in [0.15, 0.2) is 17.3 Å². The quantitative estimate of drug-likeness (QED) is 0.826. The molecule has 0 bridgehead atoms. The first kappa shape index (κ1) is 15.5.